The maximum atomic E-state index is 13.5. The third-order valence-corrected chi connectivity index (χ3v) is 7.34. The second-order valence-electron chi connectivity index (χ2n) is 7.92. The summed E-state index contributed by atoms with van der Waals surface area (Å²) >= 11 is 7.23. The molecule has 1 atom stereocenters. The Morgan fingerprint density at radius 2 is 1.91 bits per heavy atom. The second-order valence-corrected chi connectivity index (χ2v) is 9.36. The molecule has 2 aliphatic rings. The summed E-state index contributed by atoms with van der Waals surface area (Å²) in [5.74, 6) is -1.66. The average Bonchev–Trinajstić information content (AvgIpc) is 3.43. The standard InChI is InChI=1S/C22H18ClFN4O3S/c1-12(13-5-3-2-4-6-13)28-20(30)22(9-10-22)27(21(28)31)11-16-25-26-19(32-16)14-7-8-15(24)18(29)17(14)23/h2-8,12,29H,9-11H2,1H3/t12-/m1/s1. The summed E-state index contributed by atoms with van der Waals surface area (Å²) in [4.78, 5) is 29.4. The van der Waals surface area contributed by atoms with E-state index >= 15 is 0 Å². The van der Waals surface area contributed by atoms with E-state index in [4.69, 9.17) is 11.6 Å². The van der Waals surface area contributed by atoms with Crippen LogP contribution >= 0.6 is 22.9 Å². The van der Waals surface area contributed by atoms with E-state index in [9.17, 15) is 19.1 Å². The van der Waals surface area contributed by atoms with Crippen LogP contribution in [0.3, 0.4) is 0 Å². The Kier molecular flexibility index (Phi) is 4.90. The first-order valence-corrected chi connectivity index (χ1v) is 11.2. The fourth-order valence-electron chi connectivity index (χ4n) is 4.05. The molecule has 10 heteroatoms. The lowest BCUT2D eigenvalue weighted by Crippen LogP contribution is -2.36. The lowest BCUT2D eigenvalue weighted by molar-refractivity contribution is -0.130. The number of halogens is 2. The van der Waals surface area contributed by atoms with Gasteiger partial charge < -0.3 is 10.0 Å². The molecule has 0 radical (unpaired) electrons. The van der Waals surface area contributed by atoms with Crippen molar-refractivity contribution >= 4 is 34.9 Å². The summed E-state index contributed by atoms with van der Waals surface area (Å²) in [6, 6.07) is 11.2. The van der Waals surface area contributed by atoms with Gasteiger partial charge in [-0.2, -0.15) is 0 Å². The SMILES string of the molecule is C[C@H](c1ccccc1)N1C(=O)N(Cc2nnc(-c3ccc(F)c(O)c3Cl)s2)C2(CC2)C1=O. The summed E-state index contributed by atoms with van der Waals surface area (Å²) in [5, 5.41) is 18.7. The van der Waals surface area contributed by atoms with Crippen molar-refractivity contribution in [3.63, 3.8) is 0 Å². The highest BCUT2D eigenvalue weighted by atomic mass is 35.5. The first kappa shape index (κ1) is 20.8. The second kappa shape index (κ2) is 7.53. The smallest absolute Gasteiger partial charge is 0.328 e. The molecule has 1 aliphatic heterocycles. The Bertz CT molecular complexity index is 1230. The van der Waals surface area contributed by atoms with Crippen molar-refractivity contribution in [2.24, 2.45) is 0 Å². The van der Waals surface area contributed by atoms with Crippen LogP contribution < -0.4 is 0 Å². The molecule has 1 spiro atoms. The molecular formula is C22H18ClFN4O3S. The van der Waals surface area contributed by atoms with Crippen LogP contribution in [0.5, 0.6) is 5.75 Å². The highest BCUT2D eigenvalue weighted by Gasteiger charge is 2.65. The minimum atomic E-state index is -0.826. The lowest BCUT2D eigenvalue weighted by Gasteiger charge is -2.23. The summed E-state index contributed by atoms with van der Waals surface area (Å²) < 4.78 is 13.5. The zero-order chi connectivity index (χ0) is 22.6. The summed E-state index contributed by atoms with van der Waals surface area (Å²) in [7, 11) is 0. The number of nitrogens with zero attached hydrogens (tertiary/aromatic N) is 4. The number of hydrogen-bond donors (Lipinski definition) is 1. The van der Waals surface area contributed by atoms with Gasteiger partial charge in [0.25, 0.3) is 5.91 Å². The number of carbonyl (C=O) groups excluding carboxylic acids is 2. The number of rotatable bonds is 5. The van der Waals surface area contributed by atoms with Crippen molar-refractivity contribution in [2.75, 3.05) is 0 Å². The number of hydrogen-bond acceptors (Lipinski definition) is 6. The van der Waals surface area contributed by atoms with Crippen LogP contribution in [0.4, 0.5) is 9.18 Å². The minimum Gasteiger partial charge on any atom is -0.504 e. The number of urea groups is 1. The van der Waals surface area contributed by atoms with E-state index in [1.165, 1.54) is 22.3 Å². The molecule has 0 unspecified atom stereocenters. The summed E-state index contributed by atoms with van der Waals surface area (Å²) in [6.45, 7) is 1.97. The van der Waals surface area contributed by atoms with Crippen LogP contribution in [0.2, 0.25) is 5.02 Å². The average molecular weight is 473 g/mol. The number of imide groups is 1. The van der Waals surface area contributed by atoms with Gasteiger partial charge in [-0.05, 0) is 37.5 Å². The predicted octanol–water partition coefficient (Wildman–Crippen LogP) is 4.76. The van der Waals surface area contributed by atoms with Crippen molar-refractivity contribution in [2.45, 2.75) is 37.9 Å². The Balaban J connectivity index is 1.41. The molecule has 1 aromatic heterocycles. The van der Waals surface area contributed by atoms with E-state index in [1.807, 2.05) is 37.3 Å². The highest BCUT2D eigenvalue weighted by Crippen LogP contribution is 2.50. The van der Waals surface area contributed by atoms with Crippen LogP contribution in [-0.4, -0.2) is 42.6 Å². The molecule has 5 rings (SSSR count). The van der Waals surface area contributed by atoms with Gasteiger partial charge in [0.15, 0.2) is 11.6 Å². The van der Waals surface area contributed by atoms with Gasteiger partial charge in [-0.25, -0.2) is 9.18 Å². The highest BCUT2D eigenvalue weighted by molar-refractivity contribution is 7.14. The van der Waals surface area contributed by atoms with Crippen LogP contribution in [0.1, 0.15) is 36.4 Å². The Hall–Kier alpha value is -3.04. The molecule has 2 aromatic carbocycles. The molecule has 1 N–H and O–H groups in total. The van der Waals surface area contributed by atoms with E-state index in [0.29, 0.717) is 28.4 Å². The van der Waals surface area contributed by atoms with Gasteiger partial charge in [0.05, 0.1) is 17.6 Å². The lowest BCUT2D eigenvalue weighted by atomic mass is 10.1. The van der Waals surface area contributed by atoms with Crippen molar-refractivity contribution < 1.29 is 19.1 Å². The molecule has 0 bridgehead atoms. The maximum absolute atomic E-state index is 13.5. The number of benzene rings is 2. The molecule has 164 valence electrons. The van der Waals surface area contributed by atoms with E-state index < -0.39 is 17.1 Å². The Morgan fingerprint density at radius 1 is 1.19 bits per heavy atom. The zero-order valence-corrected chi connectivity index (χ0v) is 18.5. The molecular weight excluding hydrogens is 455 g/mol. The van der Waals surface area contributed by atoms with Crippen LogP contribution in [0.25, 0.3) is 10.6 Å². The molecule has 2 heterocycles. The van der Waals surface area contributed by atoms with Crippen LogP contribution in [0.15, 0.2) is 42.5 Å². The quantitative estimate of drug-likeness (QED) is 0.541. The van der Waals surface area contributed by atoms with Gasteiger partial charge >= 0.3 is 6.03 Å². The fourth-order valence-corrected chi connectivity index (χ4v) is 5.21. The third kappa shape index (κ3) is 3.15. The minimum absolute atomic E-state index is 0.130. The molecule has 1 saturated heterocycles. The topological polar surface area (TPSA) is 86.6 Å². The zero-order valence-electron chi connectivity index (χ0n) is 17.0. The van der Waals surface area contributed by atoms with Gasteiger partial charge in [-0.3, -0.25) is 9.69 Å². The number of phenols is 1. The molecule has 32 heavy (non-hydrogen) atoms. The first-order valence-electron chi connectivity index (χ1n) is 10.0. The molecule has 1 aliphatic carbocycles. The maximum Gasteiger partial charge on any atom is 0.328 e. The van der Waals surface area contributed by atoms with Gasteiger partial charge in [0, 0.05) is 5.56 Å². The largest absolute Gasteiger partial charge is 0.504 e. The predicted molar refractivity (Wildman–Crippen MR) is 117 cm³/mol. The summed E-state index contributed by atoms with van der Waals surface area (Å²) in [5.41, 5.74) is 0.409. The third-order valence-electron chi connectivity index (χ3n) is 6.02. The van der Waals surface area contributed by atoms with Crippen LogP contribution in [-0.2, 0) is 11.3 Å². The van der Waals surface area contributed by atoms with E-state index in [2.05, 4.69) is 10.2 Å². The van der Waals surface area contributed by atoms with Crippen molar-refractivity contribution in [3.05, 3.63) is 63.9 Å². The Labute approximate surface area is 192 Å². The van der Waals surface area contributed by atoms with Crippen molar-refractivity contribution in [3.8, 4) is 16.3 Å². The Morgan fingerprint density at radius 3 is 2.59 bits per heavy atom. The van der Waals surface area contributed by atoms with E-state index in [0.717, 1.165) is 11.6 Å². The fraction of sp³-hybridized carbons (Fsp3) is 0.273. The number of phenolic OH excluding ortho intramolecular Hbond substituents is 1. The molecule has 3 aromatic rings. The number of amides is 3. The van der Waals surface area contributed by atoms with Crippen molar-refractivity contribution in [1.82, 2.24) is 20.0 Å². The number of aromatic nitrogens is 2. The molecule has 1 saturated carbocycles. The molecule has 2 fully saturated rings. The number of carbonyl (C=O) groups is 2. The molecule has 3 amide bonds. The van der Waals surface area contributed by atoms with Crippen molar-refractivity contribution in [1.29, 1.82) is 0 Å². The van der Waals surface area contributed by atoms with Gasteiger partial charge in [0.2, 0.25) is 0 Å². The van der Waals surface area contributed by atoms with E-state index in [-0.39, 0.29) is 29.5 Å². The normalized spacial score (nSPS) is 18.0. The van der Waals surface area contributed by atoms with Gasteiger partial charge in [-0.15, -0.1) is 10.2 Å². The molecule has 7 nitrogen and oxygen atoms in total. The summed E-state index contributed by atoms with van der Waals surface area (Å²) in [6.07, 6.45) is 1.22. The van der Waals surface area contributed by atoms with Gasteiger partial charge in [0.1, 0.15) is 15.6 Å². The first-order chi connectivity index (χ1) is 15.3. The number of aromatic hydroxyl groups is 1. The monoisotopic (exact) mass is 472 g/mol. The van der Waals surface area contributed by atoms with Crippen LogP contribution in [0, 0.1) is 5.82 Å². The van der Waals surface area contributed by atoms with E-state index in [1.54, 1.807) is 4.90 Å². The van der Waals surface area contributed by atoms with Gasteiger partial charge in [-0.1, -0.05) is 53.3 Å².